The first-order valence-electron chi connectivity index (χ1n) is 7.60. The number of benzene rings is 1. The van der Waals surface area contributed by atoms with Crippen molar-refractivity contribution in [3.63, 3.8) is 0 Å². The number of carbonyl (C=O) groups excluding carboxylic acids is 1. The Labute approximate surface area is 137 Å². The fourth-order valence-corrected chi connectivity index (χ4v) is 4.20. The van der Waals surface area contributed by atoms with Crippen molar-refractivity contribution in [1.29, 1.82) is 0 Å². The van der Waals surface area contributed by atoms with Crippen LogP contribution in [0.3, 0.4) is 0 Å². The first kappa shape index (κ1) is 14.6. The molecule has 0 bridgehead atoms. The minimum atomic E-state index is -0.278. The first-order chi connectivity index (χ1) is 11.2. The molecule has 120 valence electrons. The summed E-state index contributed by atoms with van der Waals surface area (Å²) in [6.07, 6.45) is 0.249. The smallest absolute Gasteiger partial charge is 0.226 e. The van der Waals surface area contributed by atoms with Crippen molar-refractivity contribution < 1.29 is 13.9 Å². The van der Waals surface area contributed by atoms with Crippen LogP contribution in [0.1, 0.15) is 22.8 Å². The van der Waals surface area contributed by atoms with E-state index in [0.29, 0.717) is 24.6 Å². The topological polar surface area (TPSA) is 54.5 Å². The van der Waals surface area contributed by atoms with Gasteiger partial charge in [0.2, 0.25) is 5.91 Å². The van der Waals surface area contributed by atoms with Gasteiger partial charge in [0.1, 0.15) is 11.6 Å². The summed E-state index contributed by atoms with van der Waals surface area (Å²) in [4.78, 5) is 19.6. The van der Waals surface area contributed by atoms with Gasteiger partial charge in [-0.25, -0.2) is 9.37 Å². The maximum Gasteiger partial charge on any atom is 0.226 e. The number of fused-ring (bicyclic) bond motifs is 1. The molecule has 1 atom stereocenters. The minimum absolute atomic E-state index is 0.121. The number of hydrogen-bond acceptors (Lipinski definition) is 5. The van der Waals surface area contributed by atoms with Gasteiger partial charge in [0.25, 0.3) is 0 Å². The van der Waals surface area contributed by atoms with E-state index >= 15 is 0 Å². The summed E-state index contributed by atoms with van der Waals surface area (Å²) in [7, 11) is 0. The van der Waals surface area contributed by atoms with E-state index in [1.54, 1.807) is 18.2 Å². The lowest BCUT2D eigenvalue weighted by Gasteiger charge is -2.26. The van der Waals surface area contributed by atoms with Gasteiger partial charge < -0.3 is 15.0 Å². The Morgan fingerprint density at radius 2 is 2.09 bits per heavy atom. The Bertz CT molecular complexity index is 743. The second-order valence-electron chi connectivity index (χ2n) is 5.64. The molecule has 0 radical (unpaired) electrons. The Hall–Kier alpha value is -1.99. The second kappa shape index (κ2) is 5.90. The van der Waals surface area contributed by atoms with Crippen LogP contribution in [0.15, 0.2) is 24.3 Å². The zero-order chi connectivity index (χ0) is 15.8. The van der Waals surface area contributed by atoms with Gasteiger partial charge in [0.15, 0.2) is 5.13 Å². The molecule has 1 fully saturated rings. The van der Waals surface area contributed by atoms with E-state index in [-0.39, 0.29) is 24.1 Å². The third kappa shape index (κ3) is 2.70. The maximum atomic E-state index is 14.2. The van der Waals surface area contributed by atoms with Gasteiger partial charge in [-0.05, 0) is 11.6 Å². The number of halogens is 1. The molecule has 0 saturated carbocycles. The standard InChI is InChI=1S/C16H16FN3O2S/c17-12-4-2-1-3-10(12)11-9-13(21)18-15-14(11)23-16(19-15)20-5-7-22-8-6-20/h1-4,11H,5-9H2,(H,18,21)/t11-/m0/s1. The third-order valence-corrected chi connectivity index (χ3v) is 5.40. The van der Waals surface area contributed by atoms with Crippen molar-refractivity contribution in [2.24, 2.45) is 0 Å². The summed E-state index contributed by atoms with van der Waals surface area (Å²) in [6, 6.07) is 6.64. The molecule has 3 heterocycles. The predicted molar refractivity (Wildman–Crippen MR) is 86.6 cm³/mol. The van der Waals surface area contributed by atoms with Crippen molar-refractivity contribution in [2.45, 2.75) is 12.3 Å². The van der Waals surface area contributed by atoms with Crippen LogP contribution in [-0.2, 0) is 9.53 Å². The minimum Gasteiger partial charge on any atom is -0.378 e. The van der Waals surface area contributed by atoms with Gasteiger partial charge in [0.05, 0.1) is 18.1 Å². The Morgan fingerprint density at radius 3 is 2.87 bits per heavy atom. The maximum absolute atomic E-state index is 14.2. The van der Waals surface area contributed by atoms with Gasteiger partial charge in [-0.2, -0.15) is 0 Å². The fourth-order valence-electron chi connectivity index (χ4n) is 3.01. The summed E-state index contributed by atoms with van der Waals surface area (Å²) in [5.74, 6) is -0.0997. The van der Waals surface area contributed by atoms with E-state index in [0.717, 1.165) is 23.1 Å². The highest BCUT2D eigenvalue weighted by Gasteiger charge is 2.32. The highest BCUT2D eigenvalue weighted by Crippen LogP contribution is 2.43. The van der Waals surface area contributed by atoms with E-state index in [9.17, 15) is 9.18 Å². The second-order valence-corrected chi connectivity index (χ2v) is 6.64. The molecule has 4 rings (SSSR count). The summed E-state index contributed by atoms with van der Waals surface area (Å²) < 4.78 is 19.5. The molecular weight excluding hydrogens is 317 g/mol. The summed E-state index contributed by atoms with van der Waals surface area (Å²) in [6.45, 7) is 2.91. The van der Waals surface area contributed by atoms with Crippen LogP contribution in [-0.4, -0.2) is 37.2 Å². The molecule has 7 heteroatoms. The van der Waals surface area contributed by atoms with Gasteiger partial charge in [0, 0.05) is 25.4 Å². The van der Waals surface area contributed by atoms with E-state index < -0.39 is 0 Å². The van der Waals surface area contributed by atoms with Gasteiger partial charge >= 0.3 is 0 Å². The number of hydrogen-bond donors (Lipinski definition) is 1. The number of rotatable bonds is 2. The zero-order valence-corrected chi connectivity index (χ0v) is 13.2. The van der Waals surface area contributed by atoms with Crippen molar-refractivity contribution >= 4 is 28.2 Å². The lowest BCUT2D eigenvalue weighted by atomic mass is 9.91. The molecule has 2 aliphatic rings. The van der Waals surface area contributed by atoms with Crippen LogP contribution in [0.2, 0.25) is 0 Å². The largest absolute Gasteiger partial charge is 0.378 e. The van der Waals surface area contributed by atoms with Crippen molar-refractivity contribution in [2.75, 3.05) is 36.5 Å². The SMILES string of the molecule is O=C1C[C@@H](c2ccccc2F)c2sc(N3CCOCC3)nc2N1. The molecule has 0 unspecified atom stereocenters. The lowest BCUT2D eigenvalue weighted by Crippen LogP contribution is -2.36. The molecule has 2 aliphatic heterocycles. The molecule has 0 spiro atoms. The van der Waals surface area contributed by atoms with Crippen molar-refractivity contribution in [3.8, 4) is 0 Å². The lowest BCUT2D eigenvalue weighted by molar-refractivity contribution is -0.116. The molecule has 1 N–H and O–H groups in total. The molecule has 2 aromatic rings. The van der Waals surface area contributed by atoms with Crippen molar-refractivity contribution in [3.05, 3.63) is 40.5 Å². The fraction of sp³-hybridized carbons (Fsp3) is 0.375. The number of nitrogens with zero attached hydrogens (tertiary/aromatic N) is 2. The normalized spacial score (nSPS) is 21.0. The number of morpholine rings is 1. The van der Waals surface area contributed by atoms with Crippen LogP contribution >= 0.6 is 11.3 Å². The monoisotopic (exact) mass is 333 g/mol. The number of thiazole rings is 1. The Balaban J connectivity index is 1.73. The van der Waals surface area contributed by atoms with Crippen LogP contribution in [0.4, 0.5) is 15.3 Å². The highest BCUT2D eigenvalue weighted by molar-refractivity contribution is 7.16. The molecular formula is C16H16FN3O2S. The van der Waals surface area contributed by atoms with E-state index in [1.165, 1.54) is 17.4 Å². The molecule has 0 aliphatic carbocycles. The molecule has 23 heavy (non-hydrogen) atoms. The van der Waals surface area contributed by atoms with Gasteiger partial charge in [-0.3, -0.25) is 4.79 Å². The Kier molecular flexibility index (Phi) is 3.74. The average Bonchev–Trinajstić information content (AvgIpc) is 2.99. The number of anilines is 2. The van der Waals surface area contributed by atoms with Gasteiger partial charge in [-0.15, -0.1) is 0 Å². The summed E-state index contributed by atoms with van der Waals surface area (Å²) in [5, 5.41) is 3.68. The van der Waals surface area contributed by atoms with Crippen LogP contribution in [0, 0.1) is 5.82 Å². The number of carbonyl (C=O) groups is 1. The molecule has 1 amide bonds. The van der Waals surface area contributed by atoms with Crippen LogP contribution in [0.25, 0.3) is 0 Å². The predicted octanol–water partition coefficient (Wildman–Crippen LogP) is 2.59. The van der Waals surface area contributed by atoms with E-state index in [4.69, 9.17) is 4.74 Å². The quantitative estimate of drug-likeness (QED) is 0.918. The number of nitrogens with one attached hydrogen (secondary N) is 1. The Morgan fingerprint density at radius 1 is 1.30 bits per heavy atom. The van der Waals surface area contributed by atoms with Gasteiger partial charge in [-0.1, -0.05) is 29.5 Å². The highest BCUT2D eigenvalue weighted by atomic mass is 32.1. The summed E-state index contributed by atoms with van der Waals surface area (Å²) >= 11 is 1.53. The van der Waals surface area contributed by atoms with E-state index in [2.05, 4.69) is 15.2 Å². The number of ether oxygens (including phenoxy) is 1. The van der Waals surface area contributed by atoms with Crippen LogP contribution in [0.5, 0.6) is 0 Å². The van der Waals surface area contributed by atoms with Crippen molar-refractivity contribution in [1.82, 2.24) is 4.98 Å². The molecule has 1 aromatic heterocycles. The molecule has 1 aromatic carbocycles. The number of amides is 1. The molecule has 1 saturated heterocycles. The zero-order valence-electron chi connectivity index (χ0n) is 12.4. The average molecular weight is 333 g/mol. The van der Waals surface area contributed by atoms with Crippen LogP contribution < -0.4 is 10.2 Å². The summed E-state index contributed by atoms with van der Waals surface area (Å²) in [5.41, 5.74) is 0.556. The number of aromatic nitrogens is 1. The first-order valence-corrected chi connectivity index (χ1v) is 8.41. The molecule has 5 nitrogen and oxygen atoms in total. The van der Waals surface area contributed by atoms with E-state index in [1.807, 2.05) is 0 Å². The third-order valence-electron chi connectivity index (χ3n) is 4.17.